The topological polar surface area (TPSA) is 98.5 Å². The van der Waals surface area contributed by atoms with Crippen LogP contribution in [0.5, 0.6) is 0 Å². The van der Waals surface area contributed by atoms with Gasteiger partial charge in [-0.25, -0.2) is 4.79 Å². The Morgan fingerprint density at radius 1 is 1.14 bits per heavy atom. The normalized spacial score (nSPS) is 19.6. The van der Waals surface area contributed by atoms with E-state index in [2.05, 4.69) is 5.32 Å². The highest BCUT2D eigenvalue weighted by Gasteiger charge is 2.41. The Kier molecular flexibility index (Phi) is 8.16. The Hall–Kier alpha value is -3.10. The lowest BCUT2D eigenvalue weighted by atomic mass is 9.71. The number of Topliss-reactive ketones (excluding diaryl/α,β-unsaturated/α-hetero) is 1. The predicted molar refractivity (Wildman–Crippen MR) is 141 cm³/mol. The number of hydrogen-bond acceptors (Lipinski definition) is 7. The molecule has 0 amide bonds. The van der Waals surface area contributed by atoms with Crippen molar-refractivity contribution in [1.82, 2.24) is 5.32 Å². The molecule has 4 rings (SSSR count). The molecule has 1 heterocycles. The van der Waals surface area contributed by atoms with Crippen LogP contribution in [0.15, 0.2) is 71.1 Å². The van der Waals surface area contributed by atoms with Crippen molar-refractivity contribution >= 4 is 40.8 Å². The quantitative estimate of drug-likeness (QED) is 0.198. The summed E-state index contributed by atoms with van der Waals surface area (Å²) >= 11 is 7.72. The standard InChI is InChI=1S/C27H27ClN2O5S/c1-3-36-13-12-35-27(32)24-16(2)29-22-14-19(17-4-8-20(28)9-5-17)15-23(31)26(22)25(24)18-6-10-21(11-7-18)30(33)34/h4-11,19,25,29H,3,12-15H2,1-2H3/t19-,25+/m0/s1. The zero-order valence-corrected chi connectivity index (χ0v) is 21.7. The zero-order valence-electron chi connectivity index (χ0n) is 20.1. The lowest BCUT2D eigenvalue weighted by Crippen LogP contribution is -2.36. The van der Waals surface area contributed by atoms with Crippen LogP contribution in [0.2, 0.25) is 5.02 Å². The number of rotatable bonds is 8. The van der Waals surface area contributed by atoms with Crippen molar-refractivity contribution in [3.05, 3.63) is 97.3 Å². The molecule has 2 aromatic carbocycles. The van der Waals surface area contributed by atoms with Crippen LogP contribution in [-0.2, 0) is 14.3 Å². The predicted octanol–water partition coefficient (Wildman–Crippen LogP) is 5.91. The number of benzene rings is 2. The van der Waals surface area contributed by atoms with Crippen LogP contribution in [0.25, 0.3) is 0 Å². The van der Waals surface area contributed by atoms with Gasteiger partial charge in [0.1, 0.15) is 6.61 Å². The fraction of sp³-hybridized carbons (Fsp3) is 0.333. The minimum absolute atomic E-state index is 0.0223. The van der Waals surface area contributed by atoms with Gasteiger partial charge in [0, 0.05) is 52.2 Å². The molecule has 0 saturated carbocycles. The number of nitrogens with one attached hydrogen (secondary N) is 1. The molecule has 0 spiro atoms. The molecule has 188 valence electrons. The third-order valence-electron chi connectivity index (χ3n) is 6.49. The van der Waals surface area contributed by atoms with Gasteiger partial charge in [0.25, 0.3) is 5.69 Å². The second-order valence-corrected chi connectivity index (χ2v) is 10.6. The number of ether oxygens (including phenoxy) is 1. The van der Waals surface area contributed by atoms with Gasteiger partial charge in [-0.3, -0.25) is 14.9 Å². The molecule has 9 heteroatoms. The molecular weight excluding hydrogens is 500 g/mol. The van der Waals surface area contributed by atoms with E-state index in [1.165, 1.54) is 12.1 Å². The second kappa shape index (κ2) is 11.3. The molecule has 0 fully saturated rings. The summed E-state index contributed by atoms with van der Waals surface area (Å²) in [5.74, 6) is 0.370. The Labute approximate surface area is 219 Å². The fourth-order valence-electron chi connectivity index (χ4n) is 4.82. The van der Waals surface area contributed by atoms with Gasteiger partial charge in [-0.05, 0) is 48.3 Å². The molecule has 2 atom stereocenters. The van der Waals surface area contributed by atoms with Gasteiger partial charge in [0.2, 0.25) is 0 Å². The number of allylic oxidation sites excluding steroid dienone is 3. The van der Waals surface area contributed by atoms with Gasteiger partial charge in [-0.1, -0.05) is 42.8 Å². The summed E-state index contributed by atoms with van der Waals surface area (Å²) in [6, 6.07) is 13.5. The summed E-state index contributed by atoms with van der Waals surface area (Å²) in [4.78, 5) is 37.6. The number of dihydropyridines is 1. The molecule has 7 nitrogen and oxygen atoms in total. The molecular formula is C27H27ClN2O5S. The number of carbonyl (C=O) groups is 2. The van der Waals surface area contributed by atoms with Gasteiger partial charge >= 0.3 is 5.97 Å². The average Bonchev–Trinajstić information content (AvgIpc) is 2.86. The van der Waals surface area contributed by atoms with E-state index in [9.17, 15) is 19.7 Å². The average molecular weight is 527 g/mol. The fourth-order valence-corrected chi connectivity index (χ4v) is 5.43. The van der Waals surface area contributed by atoms with Gasteiger partial charge in [0.05, 0.1) is 10.5 Å². The van der Waals surface area contributed by atoms with Gasteiger partial charge in [-0.2, -0.15) is 11.8 Å². The molecule has 0 unspecified atom stereocenters. The Morgan fingerprint density at radius 2 is 1.81 bits per heavy atom. The lowest BCUT2D eigenvalue weighted by molar-refractivity contribution is -0.384. The molecule has 0 bridgehead atoms. The minimum atomic E-state index is -0.660. The van der Waals surface area contributed by atoms with Crippen LogP contribution >= 0.6 is 23.4 Å². The van der Waals surface area contributed by atoms with Crippen LogP contribution in [-0.4, -0.2) is 34.8 Å². The van der Waals surface area contributed by atoms with Crippen LogP contribution in [0, 0.1) is 10.1 Å². The summed E-state index contributed by atoms with van der Waals surface area (Å²) in [6.07, 6.45) is 0.888. The first-order chi connectivity index (χ1) is 17.3. The lowest BCUT2D eigenvalue weighted by Gasteiger charge is -2.36. The first kappa shape index (κ1) is 26.0. The van der Waals surface area contributed by atoms with Crippen LogP contribution in [0.4, 0.5) is 5.69 Å². The highest BCUT2D eigenvalue weighted by molar-refractivity contribution is 7.99. The van der Waals surface area contributed by atoms with Gasteiger partial charge in [0.15, 0.2) is 5.78 Å². The van der Waals surface area contributed by atoms with Gasteiger partial charge < -0.3 is 10.1 Å². The largest absolute Gasteiger partial charge is 0.461 e. The number of esters is 1. The van der Waals surface area contributed by atoms with E-state index in [1.54, 1.807) is 30.8 Å². The van der Waals surface area contributed by atoms with E-state index < -0.39 is 16.8 Å². The zero-order chi connectivity index (χ0) is 25.8. The molecule has 0 saturated heterocycles. The number of nitro benzene ring substituents is 1. The smallest absolute Gasteiger partial charge is 0.336 e. The number of nitrogens with zero attached hydrogens (tertiary/aromatic N) is 1. The Morgan fingerprint density at radius 3 is 2.44 bits per heavy atom. The van der Waals surface area contributed by atoms with Crippen LogP contribution < -0.4 is 5.32 Å². The third-order valence-corrected chi connectivity index (χ3v) is 7.61. The number of ketones is 1. The van der Waals surface area contributed by atoms with Crippen molar-refractivity contribution in [2.75, 3.05) is 18.1 Å². The molecule has 1 aliphatic heterocycles. The first-order valence-corrected chi connectivity index (χ1v) is 13.3. The SMILES string of the molecule is CCSCCOC(=O)C1=C(C)NC2=C(C(=O)C[C@@H](c3ccc(Cl)cc3)C2)[C@@H]1c1ccc([N+](=O)[O-])cc1. The van der Waals surface area contributed by atoms with E-state index in [0.717, 1.165) is 17.0 Å². The highest BCUT2D eigenvalue weighted by atomic mass is 35.5. The van der Waals surface area contributed by atoms with Crippen molar-refractivity contribution in [1.29, 1.82) is 0 Å². The summed E-state index contributed by atoms with van der Waals surface area (Å²) in [6.45, 7) is 4.10. The number of thioether (sulfide) groups is 1. The molecule has 0 aromatic heterocycles. The van der Waals surface area contributed by atoms with E-state index >= 15 is 0 Å². The monoisotopic (exact) mass is 526 g/mol. The van der Waals surface area contributed by atoms with Crippen LogP contribution in [0.3, 0.4) is 0 Å². The number of carbonyl (C=O) groups excluding carboxylic acids is 2. The van der Waals surface area contributed by atoms with E-state index in [4.69, 9.17) is 16.3 Å². The molecule has 1 N–H and O–H groups in total. The van der Waals surface area contributed by atoms with Crippen molar-refractivity contribution in [2.45, 2.75) is 38.5 Å². The maximum atomic E-state index is 13.6. The summed E-state index contributed by atoms with van der Waals surface area (Å²) in [5.41, 5.74) is 3.88. The van der Waals surface area contributed by atoms with Crippen molar-refractivity contribution in [3.63, 3.8) is 0 Å². The van der Waals surface area contributed by atoms with Crippen molar-refractivity contribution < 1.29 is 19.2 Å². The summed E-state index contributed by atoms with van der Waals surface area (Å²) in [5, 5.41) is 15.1. The Balaban J connectivity index is 1.72. The third kappa shape index (κ3) is 5.50. The second-order valence-electron chi connectivity index (χ2n) is 8.75. The number of halogens is 1. The number of nitro groups is 1. The summed E-state index contributed by atoms with van der Waals surface area (Å²) < 4.78 is 5.57. The van der Waals surface area contributed by atoms with Crippen molar-refractivity contribution in [2.24, 2.45) is 0 Å². The number of non-ortho nitro benzene ring substituents is 1. The van der Waals surface area contributed by atoms with Crippen LogP contribution in [0.1, 0.15) is 49.7 Å². The molecule has 2 aliphatic rings. The maximum absolute atomic E-state index is 13.6. The van der Waals surface area contributed by atoms with E-state index in [-0.39, 0.29) is 24.0 Å². The van der Waals surface area contributed by atoms with Gasteiger partial charge in [-0.15, -0.1) is 0 Å². The minimum Gasteiger partial charge on any atom is -0.461 e. The molecule has 2 aromatic rings. The van der Waals surface area contributed by atoms with E-state index in [0.29, 0.717) is 46.0 Å². The molecule has 36 heavy (non-hydrogen) atoms. The maximum Gasteiger partial charge on any atom is 0.336 e. The van der Waals surface area contributed by atoms with Crippen molar-refractivity contribution in [3.8, 4) is 0 Å². The molecule has 0 radical (unpaired) electrons. The highest BCUT2D eigenvalue weighted by Crippen LogP contribution is 2.46. The molecule has 1 aliphatic carbocycles. The first-order valence-electron chi connectivity index (χ1n) is 11.8. The Bertz CT molecular complexity index is 1240. The summed E-state index contributed by atoms with van der Waals surface area (Å²) in [7, 11) is 0. The van der Waals surface area contributed by atoms with E-state index in [1.807, 2.05) is 31.2 Å². The number of hydrogen-bond donors (Lipinski definition) is 1.